The van der Waals surface area contributed by atoms with Gasteiger partial charge in [-0.1, -0.05) is 17.7 Å². The number of guanidine groups is 1. The van der Waals surface area contributed by atoms with E-state index in [9.17, 15) is 4.79 Å². The molecule has 0 spiro atoms. The highest BCUT2D eigenvalue weighted by Gasteiger charge is 2.06. The number of benzene rings is 1. The van der Waals surface area contributed by atoms with Gasteiger partial charge in [0.25, 0.3) is 0 Å². The number of nitrogens with zero attached hydrogens (tertiary/aromatic N) is 2. The van der Waals surface area contributed by atoms with E-state index in [4.69, 9.17) is 16.3 Å². The van der Waals surface area contributed by atoms with Crippen LogP contribution in [0.25, 0.3) is 0 Å². The number of aliphatic imine (C=N–C) groups is 1. The molecule has 6 nitrogen and oxygen atoms in total. The van der Waals surface area contributed by atoms with Gasteiger partial charge in [0.2, 0.25) is 5.91 Å². The van der Waals surface area contributed by atoms with Crippen molar-refractivity contribution in [1.29, 1.82) is 0 Å². The van der Waals surface area contributed by atoms with Gasteiger partial charge in [0.05, 0.1) is 25.2 Å². The lowest BCUT2D eigenvalue weighted by Gasteiger charge is -2.15. The Morgan fingerprint density at radius 1 is 1.38 bits per heavy atom. The Morgan fingerprint density at radius 2 is 2.12 bits per heavy atom. The maximum Gasteiger partial charge on any atom is 0.241 e. The van der Waals surface area contributed by atoms with E-state index >= 15 is 0 Å². The highest BCUT2D eigenvalue weighted by Crippen LogP contribution is 2.25. The number of amides is 1. The first kappa shape index (κ1) is 20.4. The van der Waals surface area contributed by atoms with E-state index in [1.807, 2.05) is 24.5 Å². The third-order valence-corrected chi connectivity index (χ3v) is 4.05. The van der Waals surface area contributed by atoms with E-state index in [1.165, 1.54) is 4.90 Å². The van der Waals surface area contributed by atoms with Gasteiger partial charge in [-0.15, -0.1) is 0 Å². The van der Waals surface area contributed by atoms with Crippen molar-refractivity contribution in [3.05, 3.63) is 28.8 Å². The molecule has 0 heterocycles. The minimum absolute atomic E-state index is 0.0122. The summed E-state index contributed by atoms with van der Waals surface area (Å²) in [4.78, 5) is 17.8. The molecule has 24 heavy (non-hydrogen) atoms. The number of nitrogens with one attached hydrogen (secondary N) is 2. The molecule has 1 aromatic rings. The lowest BCUT2D eigenvalue weighted by molar-refractivity contribution is -0.127. The van der Waals surface area contributed by atoms with Crippen LogP contribution in [-0.2, 0) is 11.3 Å². The maximum absolute atomic E-state index is 11.7. The third-order valence-electron chi connectivity index (χ3n) is 3.14. The SMILES string of the molecule is COc1ccc(CN=C(NCCSC)NCC(=O)N(C)C)cc1Cl. The largest absolute Gasteiger partial charge is 0.495 e. The van der Waals surface area contributed by atoms with Gasteiger partial charge in [-0.3, -0.25) is 4.79 Å². The first-order valence-corrected chi connectivity index (χ1v) is 9.28. The lowest BCUT2D eigenvalue weighted by Crippen LogP contribution is -2.43. The van der Waals surface area contributed by atoms with Crippen molar-refractivity contribution in [3.8, 4) is 5.75 Å². The molecule has 0 saturated carbocycles. The number of thioether (sulfide) groups is 1. The number of likely N-dealkylation sites (N-methyl/N-ethyl adjacent to an activating group) is 1. The van der Waals surface area contributed by atoms with Crippen molar-refractivity contribution < 1.29 is 9.53 Å². The molecule has 0 fully saturated rings. The van der Waals surface area contributed by atoms with Crippen LogP contribution in [0.2, 0.25) is 5.02 Å². The number of rotatable bonds is 8. The van der Waals surface area contributed by atoms with Gasteiger partial charge >= 0.3 is 0 Å². The number of carbonyl (C=O) groups excluding carboxylic acids is 1. The van der Waals surface area contributed by atoms with E-state index < -0.39 is 0 Å². The number of carbonyl (C=O) groups is 1. The van der Waals surface area contributed by atoms with Crippen LogP contribution in [0, 0.1) is 0 Å². The van der Waals surface area contributed by atoms with Gasteiger partial charge in [-0.25, -0.2) is 4.99 Å². The van der Waals surface area contributed by atoms with Crippen LogP contribution in [0.5, 0.6) is 5.75 Å². The van der Waals surface area contributed by atoms with Crippen LogP contribution >= 0.6 is 23.4 Å². The average molecular weight is 373 g/mol. The van der Waals surface area contributed by atoms with Crippen molar-refractivity contribution in [2.24, 2.45) is 4.99 Å². The van der Waals surface area contributed by atoms with Crippen LogP contribution in [-0.4, -0.2) is 63.1 Å². The zero-order valence-corrected chi connectivity index (χ0v) is 16.1. The first-order valence-electron chi connectivity index (χ1n) is 7.51. The molecular weight excluding hydrogens is 348 g/mol. The smallest absolute Gasteiger partial charge is 0.241 e. The van der Waals surface area contributed by atoms with Crippen LogP contribution in [0.15, 0.2) is 23.2 Å². The average Bonchev–Trinajstić information content (AvgIpc) is 2.56. The summed E-state index contributed by atoms with van der Waals surface area (Å²) >= 11 is 7.87. The Balaban J connectivity index is 2.71. The molecule has 1 amide bonds. The molecule has 0 saturated heterocycles. The summed E-state index contributed by atoms with van der Waals surface area (Å²) in [6.07, 6.45) is 2.04. The molecule has 1 rings (SSSR count). The predicted molar refractivity (Wildman–Crippen MR) is 102 cm³/mol. The molecule has 0 aliphatic carbocycles. The number of hydrogen-bond acceptors (Lipinski definition) is 4. The Bertz CT molecular complexity index is 567. The van der Waals surface area contributed by atoms with Gasteiger partial charge in [0.15, 0.2) is 5.96 Å². The van der Waals surface area contributed by atoms with E-state index in [-0.39, 0.29) is 12.5 Å². The highest BCUT2D eigenvalue weighted by molar-refractivity contribution is 7.98. The number of ether oxygens (including phenoxy) is 1. The van der Waals surface area contributed by atoms with Crippen molar-refractivity contribution in [2.75, 3.05) is 46.3 Å². The molecule has 0 unspecified atom stereocenters. The Labute approximate surface area is 153 Å². The zero-order chi connectivity index (χ0) is 17.9. The lowest BCUT2D eigenvalue weighted by atomic mass is 10.2. The fraction of sp³-hybridized carbons (Fsp3) is 0.500. The Hall–Kier alpha value is -1.60. The van der Waals surface area contributed by atoms with Gasteiger partial charge in [0, 0.05) is 26.4 Å². The van der Waals surface area contributed by atoms with Crippen molar-refractivity contribution >= 4 is 35.2 Å². The molecule has 134 valence electrons. The molecule has 8 heteroatoms. The highest BCUT2D eigenvalue weighted by atomic mass is 35.5. The molecule has 0 atom stereocenters. The van der Waals surface area contributed by atoms with Gasteiger partial charge in [-0.2, -0.15) is 11.8 Å². The molecule has 0 aromatic heterocycles. The van der Waals surface area contributed by atoms with E-state index in [2.05, 4.69) is 15.6 Å². The molecule has 2 N–H and O–H groups in total. The molecule has 1 aromatic carbocycles. The quantitative estimate of drug-likeness (QED) is 0.414. The summed E-state index contributed by atoms with van der Waals surface area (Å²) in [5.74, 6) is 2.18. The number of halogens is 1. The van der Waals surface area contributed by atoms with E-state index in [1.54, 1.807) is 33.0 Å². The molecule has 0 aliphatic heterocycles. The van der Waals surface area contributed by atoms with Crippen LogP contribution in [0.4, 0.5) is 0 Å². The minimum Gasteiger partial charge on any atom is -0.495 e. The first-order chi connectivity index (χ1) is 11.5. The van der Waals surface area contributed by atoms with Crippen LogP contribution in [0.1, 0.15) is 5.56 Å². The van der Waals surface area contributed by atoms with Gasteiger partial charge in [-0.05, 0) is 24.0 Å². The second-order valence-electron chi connectivity index (χ2n) is 5.20. The van der Waals surface area contributed by atoms with Crippen molar-refractivity contribution in [1.82, 2.24) is 15.5 Å². The summed E-state index contributed by atoms with van der Waals surface area (Å²) in [7, 11) is 5.03. The fourth-order valence-electron chi connectivity index (χ4n) is 1.74. The summed E-state index contributed by atoms with van der Waals surface area (Å²) in [6, 6.07) is 5.56. The summed E-state index contributed by atoms with van der Waals surface area (Å²) in [5, 5.41) is 6.81. The summed E-state index contributed by atoms with van der Waals surface area (Å²) in [5.41, 5.74) is 0.964. The Kier molecular flexibility index (Phi) is 9.41. The summed E-state index contributed by atoms with van der Waals surface area (Å²) in [6.45, 7) is 1.42. The molecule has 0 radical (unpaired) electrons. The number of methoxy groups -OCH3 is 1. The summed E-state index contributed by atoms with van der Waals surface area (Å²) < 4.78 is 5.14. The monoisotopic (exact) mass is 372 g/mol. The number of hydrogen-bond donors (Lipinski definition) is 2. The minimum atomic E-state index is -0.0122. The van der Waals surface area contributed by atoms with Gasteiger partial charge in [0.1, 0.15) is 5.75 Å². The van der Waals surface area contributed by atoms with E-state index in [0.29, 0.717) is 23.3 Å². The third kappa shape index (κ3) is 7.31. The Morgan fingerprint density at radius 3 is 2.71 bits per heavy atom. The van der Waals surface area contributed by atoms with Crippen LogP contribution in [0.3, 0.4) is 0 Å². The second-order valence-corrected chi connectivity index (χ2v) is 6.59. The second kappa shape index (κ2) is 11.0. The van der Waals surface area contributed by atoms with Crippen LogP contribution < -0.4 is 15.4 Å². The van der Waals surface area contributed by atoms with Crippen molar-refractivity contribution in [3.63, 3.8) is 0 Å². The standard InChI is InChI=1S/C16H25ClN4O2S/c1-21(2)15(22)11-20-16(18-7-8-24-4)19-10-12-5-6-14(23-3)13(17)9-12/h5-6,9H,7-8,10-11H2,1-4H3,(H2,18,19,20). The molecule has 0 aliphatic rings. The normalized spacial score (nSPS) is 11.1. The molecule has 0 bridgehead atoms. The van der Waals surface area contributed by atoms with Gasteiger partial charge < -0.3 is 20.3 Å². The zero-order valence-electron chi connectivity index (χ0n) is 14.6. The topological polar surface area (TPSA) is 66.0 Å². The predicted octanol–water partition coefficient (Wildman–Crippen LogP) is 1.83. The maximum atomic E-state index is 11.7. The fourth-order valence-corrected chi connectivity index (χ4v) is 2.33. The molecular formula is C16H25ClN4O2S. The van der Waals surface area contributed by atoms with Crippen molar-refractivity contribution in [2.45, 2.75) is 6.54 Å². The van der Waals surface area contributed by atoms with E-state index in [0.717, 1.165) is 17.9 Å².